The van der Waals surface area contributed by atoms with Crippen LogP contribution >= 0.6 is 0 Å². The molecule has 2 amide bonds. The van der Waals surface area contributed by atoms with E-state index in [4.69, 9.17) is 4.74 Å². The maximum atomic E-state index is 12.5. The Morgan fingerprint density at radius 2 is 1.81 bits per heavy atom. The van der Waals surface area contributed by atoms with Crippen molar-refractivity contribution in [2.45, 2.75) is 19.5 Å². The number of halogens is 3. The van der Waals surface area contributed by atoms with Crippen LogP contribution in [-0.2, 0) is 4.79 Å². The zero-order valence-corrected chi connectivity index (χ0v) is 15.2. The Bertz CT molecular complexity index is 635. The number of amides is 2. The van der Waals surface area contributed by atoms with Crippen molar-refractivity contribution in [1.82, 2.24) is 15.1 Å². The van der Waals surface area contributed by atoms with Crippen LogP contribution in [0.4, 0.5) is 13.2 Å². The largest absolute Gasteiger partial charge is 0.494 e. The van der Waals surface area contributed by atoms with Crippen molar-refractivity contribution >= 4 is 11.8 Å². The fourth-order valence-electron chi connectivity index (χ4n) is 2.87. The fraction of sp³-hybridized carbons (Fsp3) is 0.556. The average Bonchev–Trinajstić information content (AvgIpc) is 2.84. The van der Waals surface area contributed by atoms with Crippen molar-refractivity contribution in [3.8, 4) is 5.75 Å². The van der Waals surface area contributed by atoms with Gasteiger partial charge in [-0.15, -0.1) is 0 Å². The SMILES string of the molecule is CCOc1ccc(C(=O)NCC(=O)N2CCCN(CC(F)(F)F)CC2)cc1. The molecule has 150 valence electrons. The van der Waals surface area contributed by atoms with Gasteiger partial charge in [0.2, 0.25) is 5.91 Å². The van der Waals surface area contributed by atoms with Crippen molar-refractivity contribution in [3.63, 3.8) is 0 Å². The van der Waals surface area contributed by atoms with Gasteiger partial charge in [-0.2, -0.15) is 13.2 Å². The molecule has 0 unspecified atom stereocenters. The second-order valence-electron chi connectivity index (χ2n) is 6.27. The maximum Gasteiger partial charge on any atom is 0.401 e. The van der Waals surface area contributed by atoms with Crippen molar-refractivity contribution in [2.75, 3.05) is 45.9 Å². The number of rotatable bonds is 6. The molecule has 1 aliphatic rings. The molecule has 0 spiro atoms. The second-order valence-corrected chi connectivity index (χ2v) is 6.27. The monoisotopic (exact) mass is 387 g/mol. The molecule has 6 nitrogen and oxygen atoms in total. The molecular formula is C18H24F3N3O3. The Labute approximate surface area is 156 Å². The first-order valence-electron chi connectivity index (χ1n) is 8.86. The lowest BCUT2D eigenvalue weighted by Crippen LogP contribution is -2.42. The summed E-state index contributed by atoms with van der Waals surface area (Å²) in [5.41, 5.74) is 0.401. The molecule has 1 saturated heterocycles. The Kier molecular flexibility index (Phi) is 7.46. The van der Waals surface area contributed by atoms with Crippen LogP contribution in [0.15, 0.2) is 24.3 Å². The van der Waals surface area contributed by atoms with Gasteiger partial charge in [0, 0.05) is 31.7 Å². The first-order valence-corrected chi connectivity index (χ1v) is 8.86. The van der Waals surface area contributed by atoms with E-state index in [1.807, 2.05) is 6.92 Å². The van der Waals surface area contributed by atoms with E-state index in [0.29, 0.717) is 37.4 Å². The van der Waals surface area contributed by atoms with Gasteiger partial charge < -0.3 is 15.0 Å². The van der Waals surface area contributed by atoms with Gasteiger partial charge in [0.25, 0.3) is 5.91 Å². The topological polar surface area (TPSA) is 61.9 Å². The summed E-state index contributed by atoms with van der Waals surface area (Å²) in [6.45, 7) is 2.28. The smallest absolute Gasteiger partial charge is 0.401 e. The zero-order chi connectivity index (χ0) is 19.9. The van der Waals surface area contributed by atoms with Crippen LogP contribution < -0.4 is 10.1 Å². The van der Waals surface area contributed by atoms with Gasteiger partial charge >= 0.3 is 6.18 Å². The molecule has 27 heavy (non-hydrogen) atoms. The van der Waals surface area contributed by atoms with Gasteiger partial charge in [0.1, 0.15) is 5.75 Å². The first-order chi connectivity index (χ1) is 12.8. The van der Waals surface area contributed by atoms with Crippen LogP contribution in [-0.4, -0.2) is 73.7 Å². The number of carbonyl (C=O) groups excluding carboxylic acids is 2. The van der Waals surface area contributed by atoms with Crippen LogP contribution in [0.5, 0.6) is 5.75 Å². The highest BCUT2D eigenvalue weighted by atomic mass is 19.4. The third kappa shape index (κ3) is 7.09. The summed E-state index contributed by atoms with van der Waals surface area (Å²) in [4.78, 5) is 27.2. The number of nitrogens with one attached hydrogen (secondary N) is 1. The van der Waals surface area contributed by atoms with Gasteiger partial charge in [0.05, 0.1) is 19.7 Å². The number of hydrogen-bond acceptors (Lipinski definition) is 4. The molecule has 1 fully saturated rings. The van der Waals surface area contributed by atoms with Crippen LogP contribution in [0.25, 0.3) is 0 Å². The summed E-state index contributed by atoms with van der Waals surface area (Å²) in [6.07, 6.45) is -3.78. The lowest BCUT2D eigenvalue weighted by molar-refractivity contribution is -0.145. The van der Waals surface area contributed by atoms with Crippen LogP contribution in [0, 0.1) is 0 Å². The third-order valence-corrected chi connectivity index (χ3v) is 4.17. The highest BCUT2D eigenvalue weighted by Gasteiger charge is 2.31. The van der Waals surface area contributed by atoms with Crippen molar-refractivity contribution in [1.29, 1.82) is 0 Å². The maximum absolute atomic E-state index is 12.5. The predicted octanol–water partition coefficient (Wildman–Crippen LogP) is 1.91. The fourth-order valence-corrected chi connectivity index (χ4v) is 2.87. The third-order valence-electron chi connectivity index (χ3n) is 4.17. The van der Waals surface area contributed by atoms with E-state index in [0.717, 1.165) is 0 Å². The Morgan fingerprint density at radius 1 is 1.11 bits per heavy atom. The number of nitrogens with zero attached hydrogens (tertiary/aromatic N) is 2. The van der Waals surface area contributed by atoms with E-state index in [-0.39, 0.29) is 31.4 Å². The van der Waals surface area contributed by atoms with E-state index < -0.39 is 12.7 Å². The standard InChI is InChI=1S/C18H24F3N3O3/c1-2-27-15-6-4-14(5-7-15)17(26)22-12-16(25)24-9-3-8-23(10-11-24)13-18(19,20)21/h4-7H,2-3,8-13H2,1H3,(H,22,26). The summed E-state index contributed by atoms with van der Waals surface area (Å²) in [7, 11) is 0. The Balaban J connectivity index is 1.80. The van der Waals surface area contributed by atoms with Crippen molar-refractivity contribution in [2.24, 2.45) is 0 Å². The van der Waals surface area contributed by atoms with Gasteiger partial charge in [-0.25, -0.2) is 0 Å². The lowest BCUT2D eigenvalue weighted by atomic mass is 10.2. The molecule has 1 aliphatic heterocycles. The van der Waals surface area contributed by atoms with Gasteiger partial charge in [-0.1, -0.05) is 0 Å². The van der Waals surface area contributed by atoms with Crippen LogP contribution in [0.2, 0.25) is 0 Å². The van der Waals surface area contributed by atoms with Crippen LogP contribution in [0.3, 0.4) is 0 Å². The Hall–Kier alpha value is -2.29. The molecule has 1 heterocycles. The normalized spacial score (nSPS) is 15.9. The molecule has 1 aromatic rings. The summed E-state index contributed by atoms with van der Waals surface area (Å²) in [5, 5.41) is 2.55. The minimum atomic E-state index is -4.25. The molecular weight excluding hydrogens is 363 g/mol. The molecule has 1 N–H and O–H groups in total. The molecule has 2 rings (SSSR count). The van der Waals surface area contributed by atoms with E-state index in [9.17, 15) is 22.8 Å². The Morgan fingerprint density at radius 3 is 2.44 bits per heavy atom. The second kappa shape index (κ2) is 9.59. The highest BCUT2D eigenvalue weighted by Crippen LogP contribution is 2.17. The molecule has 0 aliphatic carbocycles. The molecule has 9 heteroatoms. The number of benzene rings is 1. The average molecular weight is 387 g/mol. The van der Waals surface area contributed by atoms with Crippen molar-refractivity contribution < 1.29 is 27.5 Å². The molecule has 0 bridgehead atoms. The van der Waals surface area contributed by atoms with E-state index in [1.54, 1.807) is 24.3 Å². The summed E-state index contributed by atoms with van der Waals surface area (Å²) >= 11 is 0. The molecule has 0 aromatic heterocycles. The minimum absolute atomic E-state index is 0.165. The van der Waals surface area contributed by atoms with Crippen LogP contribution in [0.1, 0.15) is 23.7 Å². The summed E-state index contributed by atoms with van der Waals surface area (Å²) in [5.74, 6) is -0.0406. The minimum Gasteiger partial charge on any atom is -0.494 e. The van der Waals surface area contributed by atoms with E-state index in [2.05, 4.69) is 5.32 Å². The molecule has 0 atom stereocenters. The number of alkyl halides is 3. The van der Waals surface area contributed by atoms with Crippen molar-refractivity contribution in [3.05, 3.63) is 29.8 Å². The first kappa shape index (κ1) is 21.0. The van der Waals surface area contributed by atoms with Gasteiger partial charge in [-0.3, -0.25) is 14.5 Å². The number of ether oxygens (including phenoxy) is 1. The van der Waals surface area contributed by atoms with Gasteiger partial charge in [-0.05, 0) is 37.6 Å². The number of carbonyl (C=O) groups is 2. The number of hydrogen-bond donors (Lipinski definition) is 1. The molecule has 1 aromatic carbocycles. The lowest BCUT2D eigenvalue weighted by Gasteiger charge is -2.23. The zero-order valence-electron chi connectivity index (χ0n) is 15.2. The van der Waals surface area contributed by atoms with Gasteiger partial charge in [0.15, 0.2) is 0 Å². The predicted molar refractivity (Wildman–Crippen MR) is 93.6 cm³/mol. The van der Waals surface area contributed by atoms with E-state index in [1.165, 1.54) is 9.80 Å². The summed E-state index contributed by atoms with van der Waals surface area (Å²) in [6, 6.07) is 6.55. The highest BCUT2D eigenvalue weighted by molar-refractivity contribution is 5.96. The quantitative estimate of drug-likeness (QED) is 0.810. The van der Waals surface area contributed by atoms with E-state index >= 15 is 0 Å². The summed E-state index contributed by atoms with van der Waals surface area (Å²) < 4.78 is 42.8. The molecule has 0 radical (unpaired) electrons. The molecule has 0 saturated carbocycles.